The van der Waals surface area contributed by atoms with Crippen LogP contribution < -0.4 is 0 Å². The second kappa shape index (κ2) is 9.25. The normalized spacial score (nSPS) is 9.54. The summed E-state index contributed by atoms with van der Waals surface area (Å²) in [6.07, 6.45) is 7.85. The Labute approximate surface area is 80.9 Å². The number of hydrogen-bond acceptors (Lipinski definition) is 2. The SMILES string of the molecule is CCCCCCCCC(=O)CC#N. The van der Waals surface area contributed by atoms with Gasteiger partial charge in [0.2, 0.25) is 0 Å². The topological polar surface area (TPSA) is 40.9 Å². The number of carbonyl (C=O) groups is 1. The average molecular weight is 181 g/mol. The van der Waals surface area contributed by atoms with Gasteiger partial charge in [-0.1, -0.05) is 39.0 Å². The average Bonchev–Trinajstić information content (AvgIpc) is 2.11. The summed E-state index contributed by atoms with van der Waals surface area (Å²) < 4.78 is 0. The van der Waals surface area contributed by atoms with Gasteiger partial charge in [-0.25, -0.2) is 0 Å². The highest BCUT2D eigenvalue weighted by Crippen LogP contribution is 2.07. The van der Waals surface area contributed by atoms with E-state index < -0.39 is 0 Å². The van der Waals surface area contributed by atoms with E-state index in [1.807, 2.05) is 6.07 Å². The molecular weight excluding hydrogens is 162 g/mol. The Morgan fingerprint density at radius 1 is 1.15 bits per heavy atom. The lowest BCUT2D eigenvalue weighted by Gasteiger charge is -1.98. The summed E-state index contributed by atoms with van der Waals surface area (Å²) in [5.41, 5.74) is 0. The van der Waals surface area contributed by atoms with Crippen LogP contribution in [0.4, 0.5) is 0 Å². The molecule has 2 heteroatoms. The molecule has 0 amide bonds. The van der Waals surface area contributed by atoms with E-state index >= 15 is 0 Å². The van der Waals surface area contributed by atoms with Gasteiger partial charge in [-0.15, -0.1) is 0 Å². The van der Waals surface area contributed by atoms with E-state index in [1.54, 1.807) is 0 Å². The molecule has 0 unspecified atom stereocenters. The molecule has 0 rings (SSSR count). The molecule has 0 aromatic heterocycles. The quantitative estimate of drug-likeness (QED) is 0.539. The molecule has 0 atom stereocenters. The smallest absolute Gasteiger partial charge is 0.146 e. The molecule has 0 saturated carbocycles. The lowest BCUT2D eigenvalue weighted by Crippen LogP contribution is -1.95. The Balaban J connectivity index is 3.08. The minimum atomic E-state index is 0.0922. The highest BCUT2D eigenvalue weighted by atomic mass is 16.1. The van der Waals surface area contributed by atoms with Crippen LogP contribution in [0.2, 0.25) is 0 Å². The van der Waals surface area contributed by atoms with Gasteiger partial charge in [0.15, 0.2) is 0 Å². The van der Waals surface area contributed by atoms with Crippen molar-refractivity contribution in [1.29, 1.82) is 5.26 Å². The molecule has 74 valence electrons. The number of unbranched alkanes of at least 4 members (excludes halogenated alkanes) is 5. The molecule has 0 bridgehead atoms. The number of nitrogens with zero attached hydrogens (tertiary/aromatic N) is 1. The molecule has 0 fully saturated rings. The van der Waals surface area contributed by atoms with Crippen molar-refractivity contribution >= 4 is 5.78 Å². The molecule has 13 heavy (non-hydrogen) atoms. The first-order valence-electron chi connectivity index (χ1n) is 5.20. The van der Waals surface area contributed by atoms with E-state index in [0.29, 0.717) is 6.42 Å². The summed E-state index contributed by atoms with van der Waals surface area (Å²) in [4.78, 5) is 10.9. The monoisotopic (exact) mass is 181 g/mol. The molecule has 0 spiro atoms. The van der Waals surface area contributed by atoms with Crippen LogP contribution in [0, 0.1) is 11.3 Å². The lowest BCUT2D eigenvalue weighted by molar-refractivity contribution is -0.118. The Morgan fingerprint density at radius 2 is 1.77 bits per heavy atom. The van der Waals surface area contributed by atoms with Gasteiger partial charge in [0.1, 0.15) is 5.78 Å². The zero-order chi connectivity index (χ0) is 9.94. The Kier molecular flexibility index (Phi) is 8.65. The van der Waals surface area contributed by atoms with Gasteiger partial charge in [0, 0.05) is 6.42 Å². The molecule has 0 heterocycles. The van der Waals surface area contributed by atoms with Crippen LogP contribution in [-0.2, 0) is 4.79 Å². The summed E-state index contributed by atoms with van der Waals surface area (Å²) >= 11 is 0. The zero-order valence-corrected chi connectivity index (χ0v) is 8.51. The van der Waals surface area contributed by atoms with Crippen LogP contribution >= 0.6 is 0 Å². The Bertz CT molecular complexity index is 169. The molecule has 0 saturated heterocycles. The first-order valence-corrected chi connectivity index (χ1v) is 5.20. The summed E-state index contributed by atoms with van der Waals surface area (Å²) in [5.74, 6) is 0.0954. The Hall–Kier alpha value is -0.840. The standard InChI is InChI=1S/C11H19NO/c1-2-3-4-5-6-7-8-11(13)9-10-12/h2-9H2,1H3. The van der Waals surface area contributed by atoms with Crippen molar-refractivity contribution in [2.24, 2.45) is 0 Å². The number of carbonyl (C=O) groups excluding carboxylic acids is 1. The fourth-order valence-electron chi connectivity index (χ4n) is 1.28. The van der Waals surface area contributed by atoms with E-state index in [9.17, 15) is 4.79 Å². The second-order valence-corrected chi connectivity index (χ2v) is 3.39. The van der Waals surface area contributed by atoms with Crippen molar-refractivity contribution in [1.82, 2.24) is 0 Å². The van der Waals surface area contributed by atoms with Gasteiger partial charge in [-0.05, 0) is 6.42 Å². The van der Waals surface area contributed by atoms with Crippen molar-refractivity contribution in [3.63, 3.8) is 0 Å². The third-order valence-corrected chi connectivity index (χ3v) is 2.09. The number of ketones is 1. The van der Waals surface area contributed by atoms with E-state index in [-0.39, 0.29) is 12.2 Å². The van der Waals surface area contributed by atoms with Crippen molar-refractivity contribution in [2.75, 3.05) is 0 Å². The number of nitriles is 1. The van der Waals surface area contributed by atoms with Crippen LogP contribution in [0.3, 0.4) is 0 Å². The van der Waals surface area contributed by atoms with Crippen LogP contribution in [0.1, 0.15) is 58.3 Å². The second-order valence-electron chi connectivity index (χ2n) is 3.39. The molecule has 0 N–H and O–H groups in total. The zero-order valence-electron chi connectivity index (χ0n) is 8.51. The first-order chi connectivity index (χ1) is 6.31. The summed E-state index contributed by atoms with van der Waals surface area (Å²) in [6, 6.07) is 1.88. The third kappa shape index (κ3) is 9.07. The highest BCUT2D eigenvalue weighted by molar-refractivity contribution is 5.80. The fraction of sp³-hybridized carbons (Fsp3) is 0.818. The van der Waals surface area contributed by atoms with Gasteiger partial charge < -0.3 is 0 Å². The van der Waals surface area contributed by atoms with E-state index in [2.05, 4.69) is 6.92 Å². The predicted octanol–water partition coefficient (Wildman–Crippen LogP) is 3.22. The third-order valence-electron chi connectivity index (χ3n) is 2.09. The number of hydrogen-bond donors (Lipinski definition) is 0. The van der Waals surface area contributed by atoms with Crippen LogP contribution in [0.15, 0.2) is 0 Å². The molecule has 0 aromatic carbocycles. The molecule has 2 nitrogen and oxygen atoms in total. The minimum absolute atomic E-state index is 0.0922. The maximum Gasteiger partial charge on any atom is 0.146 e. The van der Waals surface area contributed by atoms with Gasteiger partial charge >= 0.3 is 0 Å². The van der Waals surface area contributed by atoms with Crippen LogP contribution in [-0.4, -0.2) is 5.78 Å². The minimum Gasteiger partial charge on any atom is -0.299 e. The molecule has 0 aliphatic heterocycles. The van der Waals surface area contributed by atoms with Crippen molar-refractivity contribution < 1.29 is 4.79 Å². The number of rotatable bonds is 8. The van der Waals surface area contributed by atoms with E-state index in [0.717, 1.165) is 12.8 Å². The molecular formula is C11H19NO. The van der Waals surface area contributed by atoms with Gasteiger partial charge in [0.25, 0.3) is 0 Å². The van der Waals surface area contributed by atoms with E-state index in [1.165, 1.54) is 25.7 Å². The molecule has 0 aromatic rings. The van der Waals surface area contributed by atoms with Crippen molar-refractivity contribution in [3.8, 4) is 6.07 Å². The highest BCUT2D eigenvalue weighted by Gasteiger charge is 1.99. The predicted molar refractivity (Wildman–Crippen MR) is 53.2 cm³/mol. The lowest BCUT2D eigenvalue weighted by atomic mass is 10.1. The fourth-order valence-corrected chi connectivity index (χ4v) is 1.28. The van der Waals surface area contributed by atoms with Crippen molar-refractivity contribution in [2.45, 2.75) is 58.3 Å². The molecule has 0 radical (unpaired) electrons. The maximum atomic E-state index is 10.9. The van der Waals surface area contributed by atoms with Gasteiger partial charge in [-0.2, -0.15) is 5.26 Å². The number of Topliss-reactive ketones (excluding diaryl/α,β-unsaturated/α-hetero) is 1. The van der Waals surface area contributed by atoms with Gasteiger partial charge in [-0.3, -0.25) is 4.79 Å². The van der Waals surface area contributed by atoms with Crippen LogP contribution in [0.25, 0.3) is 0 Å². The molecule has 0 aliphatic carbocycles. The van der Waals surface area contributed by atoms with E-state index in [4.69, 9.17) is 5.26 Å². The van der Waals surface area contributed by atoms with Crippen LogP contribution in [0.5, 0.6) is 0 Å². The maximum absolute atomic E-state index is 10.9. The van der Waals surface area contributed by atoms with Crippen molar-refractivity contribution in [3.05, 3.63) is 0 Å². The largest absolute Gasteiger partial charge is 0.299 e. The summed E-state index contributed by atoms with van der Waals surface area (Å²) in [6.45, 7) is 2.19. The molecule has 0 aliphatic rings. The van der Waals surface area contributed by atoms with Gasteiger partial charge in [0.05, 0.1) is 12.5 Å². The Morgan fingerprint density at radius 3 is 2.38 bits per heavy atom. The summed E-state index contributed by atoms with van der Waals surface area (Å²) in [7, 11) is 0. The summed E-state index contributed by atoms with van der Waals surface area (Å²) in [5, 5.41) is 8.24. The first kappa shape index (κ1) is 12.2.